The average molecular weight is 553 g/mol. The summed E-state index contributed by atoms with van der Waals surface area (Å²) in [7, 11) is 0. The molecule has 3 heterocycles. The lowest BCUT2D eigenvalue weighted by Crippen LogP contribution is -2.56. The first-order valence-corrected chi connectivity index (χ1v) is 13.7. The first kappa shape index (κ1) is 27.7. The number of aromatic nitrogens is 3. The van der Waals surface area contributed by atoms with Crippen molar-refractivity contribution in [1.82, 2.24) is 30.5 Å². The van der Waals surface area contributed by atoms with Crippen molar-refractivity contribution in [3.8, 4) is 5.75 Å². The van der Waals surface area contributed by atoms with Crippen molar-refractivity contribution in [1.29, 1.82) is 0 Å². The van der Waals surface area contributed by atoms with Gasteiger partial charge in [0, 0.05) is 38.7 Å². The van der Waals surface area contributed by atoms with Crippen molar-refractivity contribution in [3.63, 3.8) is 0 Å². The van der Waals surface area contributed by atoms with E-state index < -0.39 is 18.1 Å². The minimum absolute atomic E-state index is 0.124. The summed E-state index contributed by atoms with van der Waals surface area (Å²) in [5.74, 6) is -0.216. The molecule has 2 bridgehead atoms. The molecule has 1 fully saturated rings. The first-order chi connectivity index (χ1) is 19.4. The number of aryl methyl sites for hydroxylation is 1. The topological polar surface area (TPSA) is 101 Å². The van der Waals surface area contributed by atoms with Gasteiger partial charge in [0.15, 0.2) is 0 Å². The number of halogens is 2. The third-order valence-electron chi connectivity index (χ3n) is 7.72. The monoisotopic (exact) mass is 552 g/mol. The first-order valence-electron chi connectivity index (χ1n) is 13.7. The fourth-order valence-corrected chi connectivity index (χ4v) is 5.48. The summed E-state index contributed by atoms with van der Waals surface area (Å²) >= 11 is 0. The van der Waals surface area contributed by atoms with Gasteiger partial charge < -0.3 is 15.4 Å². The number of nitrogens with one attached hydrogen (secondary N) is 2. The number of piperidine rings is 1. The van der Waals surface area contributed by atoms with E-state index in [9.17, 15) is 18.4 Å². The minimum Gasteiger partial charge on any atom is -0.435 e. The summed E-state index contributed by atoms with van der Waals surface area (Å²) in [5.41, 5.74) is 1.97. The van der Waals surface area contributed by atoms with Crippen LogP contribution in [0, 0.1) is 5.41 Å². The van der Waals surface area contributed by atoms with Gasteiger partial charge in [-0.2, -0.15) is 8.78 Å². The molecule has 0 saturated carbocycles. The van der Waals surface area contributed by atoms with Gasteiger partial charge in [-0.25, -0.2) is 0 Å². The average Bonchev–Trinajstić information content (AvgIpc) is 3.39. The second kappa shape index (κ2) is 12.5. The summed E-state index contributed by atoms with van der Waals surface area (Å²) in [5, 5.41) is 14.7. The van der Waals surface area contributed by atoms with Crippen molar-refractivity contribution in [2.75, 3.05) is 19.6 Å². The van der Waals surface area contributed by atoms with E-state index in [1.165, 1.54) is 12.1 Å². The van der Waals surface area contributed by atoms with E-state index in [2.05, 4.69) is 30.6 Å². The van der Waals surface area contributed by atoms with E-state index in [0.717, 1.165) is 16.8 Å². The maximum Gasteiger partial charge on any atom is 0.387 e. The number of carbonyl (C=O) groups excluding carboxylic acids is 2. The predicted molar refractivity (Wildman–Crippen MR) is 143 cm³/mol. The van der Waals surface area contributed by atoms with Crippen LogP contribution in [-0.4, -0.2) is 64.0 Å². The van der Waals surface area contributed by atoms with Gasteiger partial charge in [-0.05, 0) is 55.6 Å². The Morgan fingerprint density at radius 2 is 1.75 bits per heavy atom. The third kappa shape index (κ3) is 7.01. The minimum atomic E-state index is -2.86. The maximum absolute atomic E-state index is 14.0. The van der Waals surface area contributed by atoms with Crippen LogP contribution < -0.4 is 15.4 Å². The highest BCUT2D eigenvalue weighted by Gasteiger charge is 2.43. The Morgan fingerprint density at radius 3 is 2.48 bits per heavy atom. The van der Waals surface area contributed by atoms with Gasteiger partial charge in [-0.1, -0.05) is 47.7 Å². The van der Waals surface area contributed by atoms with Crippen molar-refractivity contribution in [2.45, 2.75) is 57.8 Å². The maximum atomic E-state index is 14.0. The molecule has 0 aliphatic carbocycles. The molecular formula is C29H34F2N6O3. The van der Waals surface area contributed by atoms with Gasteiger partial charge >= 0.3 is 6.61 Å². The molecule has 0 radical (unpaired) electrons. The Kier molecular flexibility index (Phi) is 8.69. The number of likely N-dealkylation sites (tertiary alicyclic amines) is 1. The smallest absolute Gasteiger partial charge is 0.387 e. The number of alkyl halides is 2. The fourth-order valence-electron chi connectivity index (χ4n) is 5.48. The number of hydrogen-bond donors (Lipinski definition) is 2. The quantitative estimate of drug-likeness (QED) is 0.488. The van der Waals surface area contributed by atoms with Crippen LogP contribution in [0.15, 0.2) is 60.8 Å². The largest absolute Gasteiger partial charge is 0.435 e. The number of ether oxygens (including phenoxy) is 1. The van der Waals surface area contributed by atoms with Gasteiger partial charge in [-0.15, -0.1) is 5.10 Å². The Labute approximate surface area is 231 Å². The summed E-state index contributed by atoms with van der Waals surface area (Å²) in [4.78, 5) is 29.4. The lowest BCUT2D eigenvalue weighted by atomic mass is 9.73. The van der Waals surface area contributed by atoms with Crippen LogP contribution in [0.2, 0.25) is 0 Å². The predicted octanol–water partition coefficient (Wildman–Crippen LogP) is 2.95. The van der Waals surface area contributed by atoms with Gasteiger partial charge in [0.05, 0.1) is 11.1 Å². The molecule has 3 aromatic rings. The Balaban J connectivity index is 1.32. The van der Waals surface area contributed by atoms with Gasteiger partial charge in [0.2, 0.25) is 11.8 Å². The molecule has 1 atom stereocenters. The van der Waals surface area contributed by atoms with E-state index in [-0.39, 0.29) is 17.6 Å². The Bertz CT molecular complexity index is 1280. The molecule has 9 nitrogen and oxygen atoms in total. The molecular weight excluding hydrogens is 518 g/mol. The fraction of sp³-hybridized carbons (Fsp3) is 0.448. The number of rotatable bonds is 6. The number of amides is 2. The zero-order chi connectivity index (χ0) is 28.0. The molecule has 1 aromatic heterocycles. The van der Waals surface area contributed by atoms with Crippen LogP contribution in [0.3, 0.4) is 0 Å². The summed E-state index contributed by atoms with van der Waals surface area (Å²) in [6.07, 6.45) is 4.60. The molecule has 11 heteroatoms. The number of carbonyl (C=O) groups is 2. The molecule has 2 amide bonds. The molecule has 5 rings (SSSR count). The number of hydrogen-bond acceptors (Lipinski definition) is 6. The van der Waals surface area contributed by atoms with Crippen LogP contribution in [-0.2, 0) is 35.5 Å². The third-order valence-corrected chi connectivity index (χ3v) is 7.72. The van der Waals surface area contributed by atoms with Crippen LogP contribution in [0.5, 0.6) is 5.75 Å². The molecule has 212 valence electrons. The van der Waals surface area contributed by atoms with Crippen LogP contribution in [0.1, 0.15) is 36.1 Å². The summed E-state index contributed by atoms with van der Waals surface area (Å²) in [6, 6.07) is 15.6. The highest BCUT2D eigenvalue weighted by Crippen LogP contribution is 2.36. The van der Waals surface area contributed by atoms with E-state index in [4.69, 9.17) is 0 Å². The highest BCUT2D eigenvalue weighted by molar-refractivity contribution is 5.90. The number of benzene rings is 2. The highest BCUT2D eigenvalue weighted by atomic mass is 19.3. The van der Waals surface area contributed by atoms with Gasteiger partial charge in [-0.3, -0.25) is 19.2 Å². The normalized spacial score (nSPS) is 20.2. The van der Waals surface area contributed by atoms with Gasteiger partial charge in [0.1, 0.15) is 11.8 Å². The zero-order valence-electron chi connectivity index (χ0n) is 22.3. The van der Waals surface area contributed by atoms with Crippen molar-refractivity contribution in [2.24, 2.45) is 5.41 Å². The zero-order valence-corrected chi connectivity index (χ0v) is 22.3. The molecule has 0 unspecified atom stereocenters. The van der Waals surface area contributed by atoms with Crippen molar-refractivity contribution < 1.29 is 23.1 Å². The number of fused-ring (bicyclic) bond motifs is 2. The Hall–Kier alpha value is -3.86. The van der Waals surface area contributed by atoms with E-state index in [0.29, 0.717) is 64.8 Å². The van der Waals surface area contributed by atoms with Crippen LogP contribution in [0.4, 0.5) is 8.78 Å². The molecule has 2 N–H and O–H groups in total. The van der Waals surface area contributed by atoms with Gasteiger partial charge in [0.25, 0.3) is 0 Å². The van der Waals surface area contributed by atoms with E-state index in [1.807, 2.05) is 36.5 Å². The molecule has 2 aliphatic heterocycles. The van der Waals surface area contributed by atoms with Crippen LogP contribution >= 0.6 is 0 Å². The lowest BCUT2D eigenvalue weighted by molar-refractivity contribution is -0.137. The summed E-state index contributed by atoms with van der Waals surface area (Å²) < 4.78 is 31.2. The molecule has 40 heavy (non-hydrogen) atoms. The summed E-state index contributed by atoms with van der Waals surface area (Å²) in [6.45, 7) is 0.191. The van der Waals surface area contributed by atoms with Crippen molar-refractivity contribution >= 4 is 11.8 Å². The van der Waals surface area contributed by atoms with Crippen molar-refractivity contribution in [3.05, 3.63) is 77.6 Å². The lowest BCUT2D eigenvalue weighted by Gasteiger charge is -2.41. The SMILES string of the molecule is O=C1NCCCn2cc(nn2)CC2(CCN(Cc3ccc(OC(F)F)cc3)CC2)C(=O)N[C@H]1Cc1ccccc1. The van der Waals surface area contributed by atoms with E-state index >= 15 is 0 Å². The number of nitrogens with zero attached hydrogens (tertiary/aromatic N) is 4. The van der Waals surface area contributed by atoms with E-state index in [1.54, 1.807) is 16.8 Å². The Morgan fingerprint density at radius 1 is 1.00 bits per heavy atom. The molecule has 2 aromatic carbocycles. The van der Waals surface area contributed by atoms with Crippen LogP contribution in [0.25, 0.3) is 0 Å². The molecule has 1 spiro atoms. The molecule has 2 aliphatic rings. The molecule has 1 saturated heterocycles. The second-order valence-corrected chi connectivity index (χ2v) is 10.6. The standard InChI is InChI=1S/C29H34F2N6O3/c30-28(31)40-24-9-7-22(8-10-24)19-36-15-11-29(12-16-36)18-23-20-37(35-34-23)14-4-13-32-26(38)25(33-27(29)39)17-21-5-2-1-3-6-21/h1-3,5-10,20,25,28H,4,11-19H2,(H,32,38)(H,33,39)/t25-/m0/s1. The second-order valence-electron chi connectivity index (χ2n) is 10.6.